The smallest absolute Gasteiger partial charge is 0.333 e. The van der Waals surface area contributed by atoms with Crippen LogP contribution in [0.25, 0.3) is 0 Å². The van der Waals surface area contributed by atoms with Gasteiger partial charge in [0.1, 0.15) is 0 Å². The Bertz CT molecular complexity index is 349. The van der Waals surface area contributed by atoms with Gasteiger partial charge in [0.25, 0.3) is 0 Å². The van der Waals surface area contributed by atoms with Gasteiger partial charge in [-0.3, -0.25) is 0 Å². The van der Waals surface area contributed by atoms with Gasteiger partial charge in [-0.1, -0.05) is 36.4 Å². The summed E-state index contributed by atoms with van der Waals surface area (Å²) in [7, 11) is 0. The summed E-state index contributed by atoms with van der Waals surface area (Å²) in [5.74, 6) is -0.307. The number of hydrogen-bond donors (Lipinski definition) is 0. The number of aryl methyl sites for hydroxylation is 1. The van der Waals surface area contributed by atoms with Crippen LogP contribution < -0.4 is 0 Å². The third-order valence-corrected chi connectivity index (χ3v) is 2.10. The molecule has 2 nitrogen and oxygen atoms in total. The SMILES string of the molecule is C=C(Cc1ccc(C)cc1)C(=O)OCC. The zero-order chi connectivity index (χ0) is 11.3. The van der Waals surface area contributed by atoms with Crippen LogP contribution in [0.3, 0.4) is 0 Å². The summed E-state index contributed by atoms with van der Waals surface area (Å²) in [6, 6.07) is 8.04. The van der Waals surface area contributed by atoms with Gasteiger partial charge in [-0.15, -0.1) is 0 Å². The van der Waals surface area contributed by atoms with Crippen molar-refractivity contribution in [1.29, 1.82) is 0 Å². The average Bonchev–Trinajstić information content (AvgIpc) is 2.22. The van der Waals surface area contributed by atoms with Gasteiger partial charge in [0.15, 0.2) is 0 Å². The molecule has 1 aromatic carbocycles. The van der Waals surface area contributed by atoms with Crippen molar-refractivity contribution in [2.45, 2.75) is 20.3 Å². The molecule has 0 fully saturated rings. The molecule has 0 saturated heterocycles. The zero-order valence-electron chi connectivity index (χ0n) is 9.25. The predicted molar refractivity (Wildman–Crippen MR) is 60.7 cm³/mol. The normalized spacial score (nSPS) is 9.73. The largest absolute Gasteiger partial charge is 0.463 e. The first kappa shape index (κ1) is 11.5. The molecule has 0 spiro atoms. The number of carbonyl (C=O) groups excluding carboxylic acids is 1. The molecule has 0 aliphatic carbocycles. The van der Waals surface area contributed by atoms with Gasteiger partial charge < -0.3 is 4.74 Å². The molecule has 1 rings (SSSR count). The second-order valence-corrected chi connectivity index (χ2v) is 3.49. The van der Waals surface area contributed by atoms with Gasteiger partial charge >= 0.3 is 5.97 Å². The second-order valence-electron chi connectivity index (χ2n) is 3.49. The Labute approximate surface area is 90.6 Å². The number of ether oxygens (including phenoxy) is 1. The summed E-state index contributed by atoms with van der Waals surface area (Å²) in [5.41, 5.74) is 2.79. The minimum absolute atomic E-state index is 0.307. The van der Waals surface area contributed by atoms with Crippen molar-refractivity contribution in [1.82, 2.24) is 0 Å². The fourth-order valence-corrected chi connectivity index (χ4v) is 1.26. The third kappa shape index (κ3) is 3.58. The van der Waals surface area contributed by atoms with Crippen molar-refractivity contribution in [3.8, 4) is 0 Å². The van der Waals surface area contributed by atoms with Crippen LogP contribution in [0.2, 0.25) is 0 Å². The van der Waals surface area contributed by atoms with E-state index in [1.807, 2.05) is 31.2 Å². The van der Waals surface area contributed by atoms with Crippen LogP contribution >= 0.6 is 0 Å². The van der Waals surface area contributed by atoms with Crippen LogP contribution in [0.5, 0.6) is 0 Å². The fourth-order valence-electron chi connectivity index (χ4n) is 1.26. The molecule has 80 valence electrons. The molecule has 0 aliphatic rings. The van der Waals surface area contributed by atoms with Crippen LogP contribution in [0.15, 0.2) is 36.4 Å². The molecule has 15 heavy (non-hydrogen) atoms. The van der Waals surface area contributed by atoms with Crippen LogP contribution in [0, 0.1) is 6.92 Å². The Kier molecular flexibility index (Phi) is 4.10. The zero-order valence-corrected chi connectivity index (χ0v) is 9.25. The van der Waals surface area contributed by atoms with E-state index < -0.39 is 0 Å². The second kappa shape index (κ2) is 5.35. The lowest BCUT2D eigenvalue weighted by atomic mass is 10.1. The fraction of sp³-hybridized carbons (Fsp3) is 0.308. The summed E-state index contributed by atoms with van der Waals surface area (Å²) in [4.78, 5) is 11.3. The Hall–Kier alpha value is -1.57. The van der Waals surface area contributed by atoms with E-state index in [1.165, 1.54) is 5.56 Å². The van der Waals surface area contributed by atoms with E-state index in [4.69, 9.17) is 4.74 Å². The van der Waals surface area contributed by atoms with Crippen molar-refractivity contribution < 1.29 is 9.53 Å². The molecule has 0 amide bonds. The summed E-state index contributed by atoms with van der Waals surface area (Å²) in [6.45, 7) is 7.93. The number of carbonyl (C=O) groups is 1. The Morgan fingerprint density at radius 1 is 1.33 bits per heavy atom. The standard InChI is InChI=1S/C13H16O2/c1-4-15-13(14)11(3)9-12-7-5-10(2)6-8-12/h5-8H,3-4,9H2,1-2H3. The first-order valence-corrected chi connectivity index (χ1v) is 5.04. The minimum atomic E-state index is -0.307. The van der Waals surface area contributed by atoms with E-state index in [2.05, 4.69) is 6.58 Å². The summed E-state index contributed by atoms with van der Waals surface area (Å²) < 4.78 is 4.86. The van der Waals surface area contributed by atoms with E-state index in [9.17, 15) is 4.79 Å². The summed E-state index contributed by atoms with van der Waals surface area (Å²) in [6.07, 6.45) is 0.555. The molecule has 0 N–H and O–H groups in total. The molecule has 0 aliphatic heterocycles. The summed E-state index contributed by atoms with van der Waals surface area (Å²) in [5, 5.41) is 0. The van der Waals surface area contributed by atoms with E-state index in [-0.39, 0.29) is 5.97 Å². The van der Waals surface area contributed by atoms with Gasteiger partial charge in [-0.05, 0) is 19.4 Å². The Balaban J connectivity index is 2.58. The van der Waals surface area contributed by atoms with Crippen molar-refractivity contribution >= 4 is 5.97 Å². The van der Waals surface area contributed by atoms with Gasteiger partial charge in [-0.2, -0.15) is 0 Å². The molecule has 0 radical (unpaired) electrons. The maximum atomic E-state index is 11.3. The minimum Gasteiger partial charge on any atom is -0.463 e. The molecule has 0 heterocycles. The maximum Gasteiger partial charge on any atom is 0.333 e. The molecule has 0 saturated carbocycles. The molecule has 1 aromatic rings. The van der Waals surface area contributed by atoms with Crippen LogP contribution in [-0.2, 0) is 16.0 Å². The molecule has 0 unspecified atom stereocenters. The van der Waals surface area contributed by atoms with E-state index >= 15 is 0 Å². The van der Waals surface area contributed by atoms with Crippen molar-refractivity contribution in [3.05, 3.63) is 47.5 Å². The van der Waals surface area contributed by atoms with E-state index in [0.717, 1.165) is 5.56 Å². The maximum absolute atomic E-state index is 11.3. The molecule has 2 heteroatoms. The highest BCUT2D eigenvalue weighted by Gasteiger charge is 2.07. The molecular formula is C13H16O2. The lowest BCUT2D eigenvalue weighted by Crippen LogP contribution is -2.08. The molecule has 0 aromatic heterocycles. The predicted octanol–water partition coefficient (Wildman–Crippen LogP) is 2.66. The first-order chi connectivity index (χ1) is 7.13. The highest BCUT2D eigenvalue weighted by molar-refractivity contribution is 5.88. The Morgan fingerprint density at radius 3 is 2.47 bits per heavy atom. The molecular weight excluding hydrogens is 188 g/mol. The summed E-state index contributed by atoms with van der Waals surface area (Å²) >= 11 is 0. The topological polar surface area (TPSA) is 26.3 Å². The van der Waals surface area contributed by atoms with E-state index in [1.54, 1.807) is 6.92 Å². The van der Waals surface area contributed by atoms with E-state index in [0.29, 0.717) is 18.6 Å². The van der Waals surface area contributed by atoms with Crippen LogP contribution in [0.1, 0.15) is 18.1 Å². The van der Waals surface area contributed by atoms with Crippen LogP contribution in [-0.4, -0.2) is 12.6 Å². The van der Waals surface area contributed by atoms with Gasteiger partial charge in [0.2, 0.25) is 0 Å². The lowest BCUT2D eigenvalue weighted by molar-refractivity contribution is -0.138. The molecule has 0 atom stereocenters. The number of esters is 1. The van der Waals surface area contributed by atoms with Gasteiger partial charge in [-0.25, -0.2) is 4.79 Å². The first-order valence-electron chi connectivity index (χ1n) is 5.04. The van der Waals surface area contributed by atoms with Crippen molar-refractivity contribution in [2.24, 2.45) is 0 Å². The average molecular weight is 204 g/mol. The third-order valence-electron chi connectivity index (χ3n) is 2.10. The highest BCUT2D eigenvalue weighted by atomic mass is 16.5. The quantitative estimate of drug-likeness (QED) is 0.556. The van der Waals surface area contributed by atoms with Gasteiger partial charge in [0, 0.05) is 12.0 Å². The van der Waals surface area contributed by atoms with Crippen molar-refractivity contribution in [2.75, 3.05) is 6.61 Å². The van der Waals surface area contributed by atoms with Crippen molar-refractivity contribution in [3.63, 3.8) is 0 Å². The number of benzene rings is 1. The number of rotatable bonds is 4. The monoisotopic (exact) mass is 204 g/mol. The number of hydrogen-bond acceptors (Lipinski definition) is 2. The highest BCUT2D eigenvalue weighted by Crippen LogP contribution is 2.09. The van der Waals surface area contributed by atoms with Crippen LogP contribution in [0.4, 0.5) is 0 Å². The molecule has 0 bridgehead atoms. The lowest BCUT2D eigenvalue weighted by Gasteiger charge is -2.05. The Morgan fingerprint density at radius 2 is 1.93 bits per heavy atom. The van der Waals surface area contributed by atoms with Gasteiger partial charge in [0.05, 0.1) is 6.61 Å².